The summed E-state index contributed by atoms with van der Waals surface area (Å²) in [5.41, 5.74) is 3.32. The number of ether oxygens (including phenoxy) is 1. The van der Waals surface area contributed by atoms with Crippen LogP contribution >= 0.6 is 0 Å². The Morgan fingerprint density at radius 3 is 2.60 bits per heavy atom. The zero-order chi connectivity index (χ0) is 21.7. The van der Waals surface area contributed by atoms with Gasteiger partial charge in [0.1, 0.15) is 18.1 Å². The van der Waals surface area contributed by atoms with Crippen molar-refractivity contribution in [2.45, 2.75) is 27.0 Å². The molecule has 2 aromatic carbocycles. The lowest BCUT2D eigenvalue weighted by Gasteiger charge is -2.10. The van der Waals surface area contributed by atoms with Gasteiger partial charge in [-0.1, -0.05) is 23.4 Å². The van der Waals surface area contributed by atoms with Gasteiger partial charge in [0.25, 0.3) is 5.91 Å². The molecule has 0 saturated carbocycles. The predicted octanol–water partition coefficient (Wildman–Crippen LogP) is 3.17. The Kier molecular flexibility index (Phi) is 6.41. The van der Waals surface area contributed by atoms with Crippen LogP contribution in [0.1, 0.15) is 32.9 Å². The van der Waals surface area contributed by atoms with Gasteiger partial charge in [-0.3, -0.25) is 9.52 Å². The van der Waals surface area contributed by atoms with E-state index in [2.05, 4.69) is 15.2 Å². The molecule has 3 aromatic rings. The first kappa shape index (κ1) is 21.4. The van der Waals surface area contributed by atoms with Crippen LogP contribution in [-0.4, -0.2) is 25.7 Å². The van der Waals surface area contributed by atoms with Crippen LogP contribution < -0.4 is 14.8 Å². The van der Waals surface area contributed by atoms with Gasteiger partial charge in [0.2, 0.25) is 10.0 Å². The highest BCUT2D eigenvalue weighted by atomic mass is 32.2. The van der Waals surface area contributed by atoms with E-state index in [1.165, 1.54) is 0 Å². The van der Waals surface area contributed by atoms with E-state index in [-0.39, 0.29) is 12.5 Å². The third-order valence-corrected chi connectivity index (χ3v) is 4.95. The molecule has 0 bridgehead atoms. The summed E-state index contributed by atoms with van der Waals surface area (Å²) in [5.74, 6) is 0.996. The van der Waals surface area contributed by atoms with Crippen LogP contribution in [0.5, 0.6) is 5.75 Å². The molecular formula is C21H23N3O5S. The number of carbonyl (C=O) groups excluding carboxylic acids is 1. The average molecular weight is 429 g/mol. The van der Waals surface area contributed by atoms with Crippen molar-refractivity contribution >= 4 is 21.6 Å². The van der Waals surface area contributed by atoms with E-state index in [9.17, 15) is 13.2 Å². The molecule has 1 amide bonds. The summed E-state index contributed by atoms with van der Waals surface area (Å²) < 4.78 is 36.0. The lowest BCUT2D eigenvalue weighted by Crippen LogP contribution is -2.22. The number of sulfonamides is 1. The minimum absolute atomic E-state index is 0.252. The van der Waals surface area contributed by atoms with Crippen molar-refractivity contribution in [3.8, 4) is 5.75 Å². The van der Waals surface area contributed by atoms with E-state index in [1.807, 2.05) is 13.8 Å². The maximum Gasteiger partial charge on any atom is 0.251 e. The number of carbonyl (C=O) groups is 1. The minimum atomic E-state index is -3.36. The summed E-state index contributed by atoms with van der Waals surface area (Å²) in [4.78, 5) is 12.5. The topological polar surface area (TPSA) is 111 Å². The van der Waals surface area contributed by atoms with Crippen molar-refractivity contribution in [1.29, 1.82) is 0 Å². The molecule has 0 saturated heterocycles. The Bertz CT molecular complexity index is 1140. The Labute approximate surface area is 175 Å². The summed E-state index contributed by atoms with van der Waals surface area (Å²) in [6.45, 7) is 4.22. The number of rotatable bonds is 8. The Morgan fingerprint density at radius 1 is 1.13 bits per heavy atom. The Balaban J connectivity index is 1.61. The van der Waals surface area contributed by atoms with Gasteiger partial charge in [-0.2, -0.15) is 0 Å². The number of aryl methyl sites for hydroxylation is 2. The fraction of sp³-hybridized carbons (Fsp3) is 0.238. The number of anilines is 1. The Morgan fingerprint density at radius 2 is 1.90 bits per heavy atom. The highest BCUT2D eigenvalue weighted by Crippen LogP contribution is 2.19. The largest absolute Gasteiger partial charge is 0.489 e. The number of aromatic nitrogens is 1. The molecule has 2 N–H and O–H groups in total. The van der Waals surface area contributed by atoms with Gasteiger partial charge >= 0.3 is 0 Å². The average Bonchev–Trinajstić information content (AvgIpc) is 3.01. The fourth-order valence-electron chi connectivity index (χ4n) is 2.83. The smallest absolute Gasteiger partial charge is 0.251 e. The van der Waals surface area contributed by atoms with E-state index < -0.39 is 10.0 Å². The standard InChI is InChI=1S/C21H23N3O5S/c1-14-20(15(2)29-23-14)13-28-19-9-5-7-17(11-19)21(25)22-12-16-6-4-8-18(10-16)24-30(3,26)27/h4-11,24H,12-13H2,1-3H3,(H,22,25). The van der Waals surface area contributed by atoms with Gasteiger partial charge < -0.3 is 14.6 Å². The first-order chi connectivity index (χ1) is 14.2. The summed E-state index contributed by atoms with van der Waals surface area (Å²) >= 11 is 0. The molecule has 0 aliphatic carbocycles. The van der Waals surface area contributed by atoms with Crippen LogP contribution in [-0.2, 0) is 23.2 Å². The van der Waals surface area contributed by atoms with Crippen LogP contribution in [0.2, 0.25) is 0 Å². The first-order valence-corrected chi connectivity index (χ1v) is 11.1. The van der Waals surface area contributed by atoms with Crippen molar-refractivity contribution in [2.75, 3.05) is 11.0 Å². The SMILES string of the molecule is Cc1noc(C)c1COc1cccc(C(=O)NCc2cccc(NS(C)(=O)=O)c2)c1. The number of hydrogen-bond donors (Lipinski definition) is 2. The van der Waals surface area contributed by atoms with Gasteiger partial charge in [0.05, 0.1) is 17.5 Å². The normalized spacial score (nSPS) is 11.2. The summed E-state index contributed by atoms with van der Waals surface area (Å²) in [6, 6.07) is 13.7. The number of benzene rings is 2. The van der Waals surface area contributed by atoms with Crippen molar-refractivity contribution in [1.82, 2.24) is 10.5 Å². The molecule has 0 atom stereocenters. The second-order valence-electron chi connectivity index (χ2n) is 6.88. The summed E-state index contributed by atoms with van der Waals surface area (Å²) in [6.07, 6.45) is 1.09. The van der Waals surface area contributed by atoms with Crippen LogP contribution in [0.4, 0.5) is 5.69 Å². The maximum absolute atomic E-state index is 12.5. The molecule has 9 heteroatoms. The zero-order valence-electron chi connectivity index (χ0n) is 16.9. The second-order valence-corrected chi connectivity index (χ2v) is 8.62. The summed E-state index contributed by atoms with van der Waals surface area (Å²) in [5, 5.41) is 6.72. The predicted molar refractivity (Wildman–Crippen MR) is 113 cm³/mol. The zero-order valence-corrected chi connectivity index (χ0v) is 17.7. The van der Waals surface area contributed by atoms with Gasteiger partial charge in [0.15, 0.2) is 0 Å². The first-order valence-electron chi connectivity index (χ1n) is 9.21. The third kappa shape index (κ3) is 5.84. The Hall–Kier alpha value is -3.33. The van der Waals surface area contributed by atoms with E-state index in [4.69, 9.17) is 9.26 Å². The van der Waals surface area contributed by atoms with Crippen molar-refractivity contribution in [3.05, 3.63) is 76.7 Å². The third-order valence-electron chi connectivity index (χ3n) is 4.34. The quantitative estimate of drug-likeness (QED) is 0.569. The highest BCUT2D eigenvalue weighted by Gasteiger charge is 2.11. The van der Waals surface area contributed by atoms with Crippen LogP contribution in [0, 0.1) is 13.8 Å². The summed E-state index contributed by atoms with van der Waals surface area (Å²) in [7, 11) is -3.36. The van der Waals surface area contributed by atoms with Gasteiger partial charge in [-0.15, -0.1) is 0 Å². The monoisotopic (exact) mass is 429 g/mol. The van der Waals surface area contributed by atoms with E-state index in [0.29, 0.717) is 29.4 Å². The number of nitrogens with one attached hydrogen (secondary N) is 2. The van der Waals surface area contributed by atoms with Gasteiger partial charge in [-0.05, 0) is 49.7 Å². The molecule has 30 heavy (non-hydrogen) atoms. The highest BCUT2D eigenvalue weighted by molar-refractivity contribution is 7.92. The van der Waals surface area contributed by atoms with Crippen molar-refractivity contribution in [2.24, 2.45) is 0 Å². The molecule has 8 nitrogen and oxygen atoms in total. The van der Waals surface area contributed by atoms with Crippen molar-refractivity contribution in [3.63, 3.8) is 0 Å². The molecule has 0 aliphatic rings. The van der Waals surface area contributed by atoms with Crippen molar-refractivity contribution < 1.29 is 22.5 Å². The lowest BCUT2D eigenvalue weighted by molar-refractivity contribution is 0.0950. The molecule has 0 spiro atoms. The minimum Gasteiger partial charge on any atom is -0.489 e. The molecule has 0 fully saturated rings. The molecular weight excluding hydrogens is 406 g/mol. The number of hydrogen-bond acceptors (Lipinski definition) is 6. The fourth-order valence-corrected chi connectivity index (χ4v) is 3.39. The molecule has 0 radical (unpaired) electrons. The molecule has 0 unspecified atom stereocenters. The van der Waals surface area contributed by atoms with Crippen LogP contribution in [0.3, 0.4) is 0 Å². The molecule has 3 rings (SSSR count). The molecule has 158 valence electrons. The number of amides is 1. The lowest BCUT2D eigenvalue weighted by atomic mass is 10.1. The van der Waals surface area contributed by atoms with Crippen LogP contribution in [0.15, 0.2) is 53.1 Å². The molecule has 0 aliphatic heterocycles. The van der Waals surface area contributed by atoms with Gasteiger partial charge in [-0.25, -0.2) is 8.42 Å². The molecule has 1 heterocycles. The van der Waals surface area contributed by atoms with E-state index in [0.717, 1.165) is 23.1 Å². The molecule has 1 aromatic heterocycles. The van der Waals surface area contributed by atoms with Gasteiger partial charge in [0, 0.05) is 17.8 Å². The van der Waals surface area contributed by atoms with E-state index >= 15 is 0 Å². The maximum atomic E-state index is 12.5. The number of nitrogens with zero attached hydrogens (tertiary/aromatic N) is 1. The van der Waals surface area contributed by atoms with Crippen LogP contribution in [0.25, 0.3) is 0 Å². The van der Waals surface area contributed by atoms with E-state index in [1.54, 1.807) is 48.5 Å². The second kappa shape index (κ2) is 9.00.